The maximum Gasteiger partial charge on any atom is 0.335 e. The van der Waals surface area contributed by atoms with Gasteiger partial charge in [0.25, 0.3) is 7.52 Å². The number of carbonyl (C=O) groups excluding carboxylic acids is 2. The number of nitrogens with one attached hydrogen (secondary N) is 1. The summed E-state index contributed by atoms with van der Waals surface area (Å²) in [6.45, 7) is 11.7. The lowest BCUT2D eigenvalue weighted by Crippen LogP contribution is -2.47. The van der Waals surface area contributed by atoms with Gasteiger partial charge >= 0.3 is 11.9 Å². The summed E-state index contributed by atoms with van der Waals surface area (Å²) < 4.78 is 37.1. The highest BCUT2D eigenvalue weighted by atomic mass is 31.2. The summed E-state index contributed by atoms with van der Waals surface area (Å²) in [6.07, 6.45) is 0.423. The molecule has 0 aliphatic heterocycles. The Labute approximate surface area is 204 Å². The molecule has 2 aromatic rings. The van der Waals surface area contributed by atoms with Gasteiger partial charge in [0.2, 0.25) is 0 Å². The molecule has 3 N–H and O–H groups in total. The number of rotatable bonds is 13. The number of nitrogen functional groups attached to an aromatic ring is 1. The number of anilines is 1. The van der Waals surface area contributed by atoms with E-state index < -0.39 is 43.6 Å². The zero-order valence-electron chi connectivity index (χ0n) is 21.2. The lowest BCUT2D eigenvalue weighted by molar-refractivity contribution is -0.155. The van der Waals surface area contributed by atoms with Crippen molar-refractivity contribution in [1.82, 2.24) is 24.6 Å². The summed E-state index contributed by atoms with van der Waals surface area (Å²) >= 11 is 0. The van der Waals surface area contributed by atoms with Crippen LogP contribution < -0.4 is 10.8 Å². The van der Waals surface area contributed by atoms with Gasteiger partial charge in [-0.3, -0.25) is 9.36 Å². The second-order valence-corrected chi connectivity index (χ2v) is 10.8. The summed E-state index contributed by atoms with van der Waals surface area (Å²) in [5.41, 5.74) is 5.43. The van der Waals surface area contributed by atoms with Crippen LogP contribution in [0, 0.1) is 0 Å². The van der Waals surface area contributed by atoms with Crippen molar-refractivity contribution in [1.29, 1.82) is 0 Å². The average Bonchev–Trinajstić information content (AvgIpc) is 3.15. The first kappa shape index (κ1) is 28.6. The Bertz CT molecular complexity index is 1070. The highest BCUT2D eigenvalue weighted by Gasteiger charge is 2.40. The molecule has 3 atom stereocenters. The fourth-order valence-electron chi connectivity index (χ4n) is 3.09. The maximum atomic E-state index is 13.8. The van der Waals surface area contributed by atoms with Crippen molar-refractivity contribution < 1.29 is 32.9 Å². The predicted octanol–water partition coefficient (Wildman–Crippen LogP) is 2.25. The predicted molar refractivity (Wildman–Crippen MR) is 128 cm³/mol. The summed E-state index contributed by atoms with van der Waals surface area (Å²) in [6, 6.07) is 0. The molecule has 0 spiro atoms. The van der Waals surface area contributed by atoms with Gasteiger partial charge in [0.1, 0.15) is 23.7 Å². The van der Waals surface area contributed by atoms with Crippen LogP contribution in [0.25, 0.3) is 11.2 Å². The molecule has 0 aliphatic rings. The molecule has 0 amide bonds. The highest BCUT2D eigenvalue weighted by molar-refractivity contribution is 7.56. The van der Waals surface area contributed by atoms with Crippen LogP contribution in [0.1, 0.15) is 48.5 Å². The number of carbonyl (C=O) groups is 2. The van der Waals surface area contributed by atoms with E-state index in [1.807, 2.05) is 0 Å². The summed E-state index contributed by atoms with van der Waals surface area (Å²) in [5.74, 6) is -1.06. The molecule has 0 aromatic carbocycles. The van der Waals surface area contributed by atoms with E-state index in [1.54, 1.807) is 38.6 Å². The number of nitrogens with zero attached hydrogens (tertiary/aromatic N) is 4. The normalized spacial score (nSPS) is 15.5. The monoisotopic (exact) mass is 514 g/mol. The number of imidazole rings is 1. The van der Waals surface area contributed by atoms with Crippen LogP contribution >= 0.6 is 7.52 Å². The van der Waals surface area contributed by atoms with E-state index in [0.717, 1.165) is 0 Å². The van der Waals surface area contributed by atoms with Crippen LogP contribution in [0.15, 0.2) is 12.7 Å². The Morgan fingerprint density at radius 1 is 1.20 bits per heavy atom. The van der Waals surface area contributed by atoms with E-state index in [2.05, 4.69) is 20.0 Å². The first-order valence-electron chi connectivity index (χ1n) is 11.3. The van der Waals surface area contributed by atoms with E-state index in [0.29, 0.717) is 17.7 Å². The number of hydrogen-bond donors (Lipinski definition) is 2. The van der Waals surface area contributed by atoms with Crippen molar-refractivity contribution in [3.05, 3.63) is 12.7 Å². The van der Waals surface area contributed by atoms with Gasteiger partial charge in [0.05, 0.1) is 31.7 Å². The number of esters is 2. The smallest absolute Gasteiger partial charge is 0.335 e. The fourth-order valence-corrected chi connectivity index (χ4v) is 5.25. The zero-order valence-corrected chi connectivity index (χ0v) is 22.1. The standard InChI is InChI=1S/C21H35N6O7P/c1-8-31-20(29)21(6,7)26-35(30,34-15(5)19(28)33-13(2)3)12-32-14(4)9-27-11-25-16-17(22)23-10-24-18(16)27/h10-11,13-15H,8-9,12H2,1-7H3,(H,26,30)(H2,22,23,24)/t14-,15-,35?/m1/s1. The van der Waals surface area contributed by atoms with E-state index in [9.17, 15) is 14.2 Å². The highest BCUT2D eigenvalue weighted by Crippen LogP contribution is 2.46. The minimum Gasteiger partial charge on any atom is -0.465 e. The molecular weight excluding hydrogens is 479 g/mol. The Hall–Kier alpha value is -2.60. The molecule has 14 heteroatoms. The molecule has 2 rings (SSSR count). The molecule has 13 nitrogen and oxygen atoms in total. The Balaban J connectivity index is 2.17. The van der Waals surface area contributed by atoms with Crippen LogP contribution in [0.3, 0.4) is 0 Å². The van der Waals surface area contributed by atoms with Gasteiger partial charge < -0.3 is 29.0 Å². The Morgan fingerprint density at radius 3 is 2.51 bits per heavy atom. The number of fused-ring (bicyclic) bond motifs is 1. The van der Waals surface area contributed by atoms with Crippen LogP contribution in [-0.4, -0.2) is 68.3 Å². The molecule has 0 fully saturated rings. The quantitative estimate of drug-likeness (QED) is 0.296. The van der Waals surface area contributed by atoms with E-state index in [1.165, 1.54) is 27.1 Å². The molecular formula is C21H35N6O7P. The topological polar surface area (TPSA) is 170 Å². The lowest BCUT2D eigenvalue weighted by Gasteiger charge is -2.31. The maximum absolute atomic E-state index is 13.8. The average molecular weight is 515 g/mol. The van der Waals surface area contributed by atoms with Gasteiger partial charge in [-0.15, -0.1) is 0 Å². The molecule has 0 aliphatic carbocycles. The van der Waals surface area contributed by atoms with E-state index in [-0.39, 0.29) is 18.5 Å². The van der Waals surface area contributed by atoms with Crippen LogP contribution in [0.4, 0.5) is 5.82 Å². The minimum atomic E-state index is -3.92. The van der Waals surface area contributed by atoms with Crippen molar-refractivity contribution in [2.75, 3.05) is 18.7 Å². The van der Waals surface area contributed by atoms with Gasteiger partial charge in [0, 0.05) is 0 Å². The molecule has 2 heterocycles. The van der Waals surface area contributed by atoms with Gasteiger partial charge in [-0.05, 0) is 48.5 Å². The molecule has 0 saturated carbocycles. The Kier molecular flexibility index (Phi) is 9.73. The van der Waals surface area contributed by atoms with Crippen molar-refractivity contribution in [2.24, 2.45) is 0 Å². The number of aromatic nitrogens is 4. The fraction of sp³-hybridized carbons (Fsp3) is 0.667. The lowest BCUT2D eigenvalue weighted by atomic mass is 10.1. The molecule has 196 valence electrons. The molecule has 2 aromatic heterocycles. The third-order valence-electron chi connectivity index (χ3n) is 4.66. The number of nitrogens with two attached hydrogens (primary N) is 1. The van der Waals surface area contributed by atoms with Crippen LogP contribution in [-0.2, 0) is 39.4 Å². The second kappa shape index (κ2) is 11.9. The largest absolute Gasteiger partial charge is 0.465 e. The molecule has 0 bridgehead atoms. The summed E-state index contributed by atoms with van der Waals surface area (Å²) in [5, 5.41) is 2.71. The number of ether oxygens (including phenoxy) is 3. The second-order valence-electron chi connectivity index (χ2n) is 8.80. The molecule has 0 radical (unpaired) electrons. The zero-order chi connectivity index (χ0) is 26.4. The van der Waals surface area contributed by atoms with Crippen LogP contribution in [0.2, 0.25) is 0 Å². The molecule has 1 unspecified atom stereocenters. The van der Waals surface area contributed by atoms with Crippen molar-refractivity contribution in [2.45, 2.75) is 78.9 Å². The van der Waals surface area contributed by atoms with Gasteiger partial charge in [-0.1, -0.05) is 0 Å². The summed E-state index contributed by atoms with van der Waals surface area (Å²) in [4.78, 5) is 37.0. The minimum absolute atomic E-state index is 0.146. The first-order valence-corrected chi connectivity index (χ1v) is 13.1. The molecule has 0 saturated heterocycles. The Morgan fingerprint density at radius 2 is 1.89 bits per heavy atom. The van der Waals surface area contributed by atoms with E-state index in [4.69, 9.17) is 24.5 Å². The third-order valence-corrected chi connectivity index (χ3v) is 6.71. The van der Waals surface area contributed by atoms with Crippen LogP contribution in [0.5, 0.6) is 0 Å². The van der Waals surface area contributed by atoms with E-state index >= 15 is 0 Å². The van der Waals surface area contributed by atoms with Crippen molar-refractivity contribution >= 4 is 36.4 Å². The van der Waals surface area contributed by atoms with Crippen molar-refractivity contribution in [3.8, 4) is 0 Å². The SMILES string of the molecule is CCOC(=O)C(C)(C)NP(=O)(CO[C@H](C)Cn1cnc2c(N)ncnc21)O[C@H](C)C(=O)OC(C)C. The first-order chi connectivity index (χ1) is 16.3. The number of hydrogen-bond acceptors (Lipinski definition) is 11. The van der Waals surface area contributed by atoms with Gasteiger partial charge in [-0.25, -0.2) is 24.8 Å². The van der Waals surface area contributed by atoms with Crippen molar-refractivity contribution in [3.63, 3.8) is 0 Å². The third kappa shape index (κ3) is 7.96. The van der Waals surface area contributed by atoms with Gasteiger partial charge in [0.15, 0.2) is 17.6 Å². The van der Waals surface area contributed by atoms with Gasteiger partial charge in [-0.2, -0.15) is 0 Å². The molecule has 35 heavy (non-hydrogen) atoms. The summed E-state index contributed by atoms with van der Waals surface area (Å²) in [7, 11) is -3.92.